The fourth-order valence-corrected chi connectivity index (χ4v) is 3.87. The zero-order valence-corrected chi connectivity index (χ0v) is 10.8. The lowest BCUT2D eigenvalue weighted by atomic mass is 9.70. The van der Waals surface area contributed by atoms with Gasteiger partial charge in [0, 0.05) is 11.8 Å². The molecule has 2 aliphatic heterocycles. The Hall–Kier alpha value is -0.340. The maximum absolute atomic E-state index is 5.98. The smallest absolute Gasteiger partial charge is 0.0843 e. The van der Waals surface area contributed by atoms with Crippen molar-refractivity contribution < 1.29 is 9.47 Å². The van der Waals surface area contributed by atoms with Crippen molar-refractivity contribution in [2.75, 3.05) is 13.2 Å². The van der Waals surface area contributed by atoms with Crippen LogP contribution in [0.2, 0.25) is 0 Å². The highest BCUT2D eigenvalue weighted by Gasteiger charge is 2.50. The average Bonchev–Trinajstić information content (AvgIpc) is 2.66. The van der Waals surface area contributed by atoms with E-state index in [0.29, 0.717) is 11.8 Å². The Balaban J connectivity index is 2.16. The van der Waals surface area contributed by atoms with Crippen LogP contribution in [0.5, 0.6) is 0 Å². The molecule has 0 bridgehead atoms. The standard InChI is InChI=1S/C14H22O2/c1-13(2)11-9(7-15-13)5-6-10-8-16-14(3,4)12(10)11/h9-10H,5-8H2,1-4H3. The monoisotopic (exact) mass is 222 g/mol. The summed E-state index contributed by atoms with van der Waals surface area (Å²) in [6.45, 7) is 10.7. The fourth-order valence-electron chi connectivity index (χ4n) is 3.87. The molecule has 0 aromatic rings. The van der Waals surface area contributed by atoms with Gasteiger partial charge in [0.1, 0.15) is 0 Å². The molecule has 3 aliphatic rings. The molecule has 2 atom stereocenters. The molecule has 2 heterocycles. The third-order valence-electron chi connectivity index (χ3n) is 4.56. The van der Waals surface area contributed by atoms with E-state index in [9.17, 15) is 0 Å². The van der Waals surface area contributed by atoms with Crippen LogP contribution in [0.3, 0.4) is 0 Å². The maximum atomic E-state index is 5.98. The molecule has 3 rings (SSSR count). The number of ether oxygens (including phenoxy) is 2. The summed E-state index contributed by atoms with van der Waals surface area (Å²) in [5, 5.41) is 0. The maximum Gasteiger partial charge on any atom is 0.0843 e. The highest BCUT2D eigenvalue weighted by molar-refractivity contribution is 5.38. The van der Waals surface area contributed by atoms with Crippen LogP contribution in [0.1, 0.15) is 40.5 Å². The molecule has 0 saturated carbocycles. The van der Waals surface area contributed by atoms with E-state index in [0.717, 1.165) is 13.2 Å². The molecule has 1 aliphatic carbocycles. The Morgan fingerprint density at radius 2 is 1.19 bits per heavy atom. The number of rotatable bonds is 0. The molecule has 0 spiro atoms. The van der Waals surface area contributed by atoms with Crippen molar-refractivity contribution in [2.24, 2.45) is 11.8 Å². The minimum atomic E-state index is -0.0658. The van der Waals surface area contributed by atoms with Gasteiger partial charge in [-0.3, -0.25) is 0 Å². The molecule has 2 saturated heterocycles. The minimum absolute atomic E-state index is 0.0658. The Morgan fingerprint density at radius 1 is 0.812 bits per heavy atom. The predicted molar refractivity (Wildman–Crippen MR) is 63.3 cm³/mol. The van der Waals surface area contributed by atoms with Gasteiger partial charge >= 0.3 is 0 Å². The Kier molecular flexibility index (Phi) is 2.10. The van der Waals surface area contributed by atoms with E-state index in [2.05, 4.69) is 27.7 Å². The van der Waals surface area contributed by atoms with E-state index in [1.54, 1.807) is 11.1 Å². The zero-order valence-electron chi connectivity index (χ0n) is 10.8. The summed E-state index contributed by atoms with van der Waals surface area (Å²) in [7, 11) is 0. The summed E-state index contributed by atoms with van der Waals surface area (Å²) < 4.78 is 12.0. The first kappa shape index (κ1) is 10.8. The van der Waals surface area contributed by atoms with Gasteiger partial charge in [0.25, 0.3) is 0 Å². The van der Waals surface area contributed by atoms with Crippen LogP contribution in [0.25, 0.3) is 0 Å². The normalized spacial score (nSPS) is 39.8. The second-order valence-electron chi connectivity index (χ2n) is 6.44. The number of hydrogen-bond donors (Lipinski definition) is 0. The van der Waals surface area contributed by atoms with Crippen molar-refractivity contribution in [3.8, 4) is 0 Å². The second kappa shape index (κ2) is 3.11. The van der Waals surface area contributed by atoms with Crippen LogP contribution in [0.4, 0.5) is 0 Å². The van der Waals surface area contributed by atoms with Crippen LogP contribution in [0.15, 0.2) is 11.1 Å². The molecule has 2 unspecified atom stereocenters. The van der Waals surface area contributed by atoms with E-state index < -0.39 is 0 Å². The topological polar surface area (TPSA) is 18.5 Å². The molecule has 0 aromatic carbocycles. The fraction of sp³-hybridized carbons (Fsp3) is 0.857. The molecule has 0 N–H and O–H groups in total. The molecule has 0 amide bonds. The Labute approximate surface area is 98.0 Å². The van der Waals surface area contributed by atoms with Crippen molar-refractivity contribution in [3.63, 3.8) is 0 Å². The van der Waals surface area contributed by atoms with Gasteiger partial charge in [-0.2, -0.15) is 0 Å². The molecular weight excluding hydrogens is 200 g/mol. The predicted octanol–water partition coefficient (Wildman–Crippen LogP) is 2.93. The van der Waals surface area contributed by atoms with Crippen LogP contribution in [-0.4, -0.2) is 24.4 Å². The molecule has 2 heteroatoms. The first-order chi connectivity index (χ1) is 7.42. The van der Waals surface area contributed by atoms with Crippen molar-refractivity contribution in [1.82, 2.24) is 0 Å². The molecule has 90 valence electrons. The summed E-state index contributed by atoms with van der Waals surface area (Å²) in [5.41, 5.74) is 2.99. The SMILES string of the molecule is CC1(C)OCC2CCC3COC(C)(C)C3=C21. The van der Waals surface area contributed by atoms with Gasteiger partial charge in [0.2, 0.25) is 0 Å². The second-order valence-corrected chi connectivity index (χ2v) is 6.44. The van der Waals surface area contributed by atoms with Crippen LogP contribution >= 0.6 is 0 Å². The van der Waals surface area contributed by atoms with Gasteiger partial charge in [-0.15, -0.1) is 0 Å². The van der Waals surface area contributed by atoms with Crippen molar-refractivity contribution in [1.29, 1.82) is 0 Å². The summed E-state index contributed by atoms with van der Waals surface area (Å²) in [5.74, 6) is 1.31. The lowest BCUT2D eigenvalue weighted by Crippen LogP contribution is -2.32. The summed E-state index contributed by atoms with van der Waals surface area (Å²) in [4.78, 5) is 0. The molecular formula is C14H22O2. The van der Waals surface area contributed by atoms with E-state index in [4.69, 9.17) is 9.47 Å². The van der Waals surface area contributed by atoms with Crippen molar-refractivity contribution in [3.05, 3.63) is 11.1 Å². The summed E-state index contributed by atoms with van der Waals surface area (Å²) in [6.07, 6.45) is 2.57. The minimum Gasteiger partial charge on any atom is -0.371 e. The number of hydrogen-bond acceptors (Lipinski definition) is 2. The lowest BCUT2D eigenvalue weighted by Gasteiger charge is -2.34. The Morgan fingerprint density at radius 3 is 1.56 bits per heavy atom. The van der Waals surface area contributed by atoms with E-state index in [1.165, 1.54) is 12.8 Å². The van der Waals surface area contributed by atoms with Crippen LogP contribution in [-0.2, 0) is 9.47 Å². The van der Waals surface area contributed by atoms with E-state index in [-0.39, 0.29) is 11.2 Å². The van der Waals surface area contributed by atoms with Gasteiger partial charge in [-0.1, -0.05) is 0 Å². The molecule has 0 aromatic heterocycles. The third-order valence-corrected chi connectivity index (χ3v) is 4.56. The van der Waals surface area contributed by atoms with Gasteiger partial charge in [0.05, 0.1) is 24.4 Å². The largest absolute Gasteiger partial charge is 0.371 e. The molecule has 2 fully saturated rings. The van der Waals surface area contributed by atoms with Crippen LogP contribution in [0, 0.1) is 11.8 Å². The number of fused-ring (bicyclic) bond motifs is 2. The summed E-state index contributed by atoms with van der Waals surface area (Å²) >= 11 is 0. The van der Waals surface area contributed by atoms with E-state index in [1.807, 2.05) is 0 Å². The quantitative estimate of drug-likeness (QED) is 0.587. The van der Waals surface area contributed by atoms with Crippen molar-refractivity contribution >= 4 is 0 Å². The molecule has 2 nitrogen and oxygen atoms in total. The van der Waals surface area contributed by atoms with Gasteiger partial charge < -0.3 is 9.47 Å². The highest BCUT2D eigenvalue weighted by Crippen LogP contribution is 2.52. The molecule has 16 heavy (non-hydrogen) atoms. The lowest BCUT2D eigenvalue weighted by molar-refractivity contribution is 0.0398. The summed E-state index contributed by atoms with van der Waals surface area (Å²) in [6, 6.07) is 0. The Bertz CT molecular complexity index is 318. The van der Waals surface area contributed by atoms with Crippen molar-refractivity contribution in [2.45, 2.75) is 51.7 Å². The highest BCUT2D eigenvalue weighted by atomic mass is 16.5. The van der Waals surface area contributed by atoms with Gasteiger partial charge in [-0.05, 0) is 51.7 Å². The van der Waals surface area contributed by atoms with Gasteiger partial charge in [-0.25, -0.2) is 0 Å². The first-order valence-corrected chi connectivity index (χ1v) is 6.45. The zero-order chi connectivity index (χ0) is 11.6. The first-order valence-electron chi connectivity index (χ1n) is 6.45. The van der Waals surface area contributed by atoms with E-state index >= 15 is 0 Å². The van der Waals surface area contributed by atoms with Gasteiger partial charge in [0.15, 0.2) is 0 Å². The molecule has 0 radical (unpaired) electrons. The van der Waals surface area contributed by atoms with Crippen LogP contribution < -0.4 is 0 Å². The average molecular weight is 222 g/mol. The third kappa shape index (κ3) is 1.32.